The summed E-state index contributed by atoms with van der Waals surface area (Å²) >= 11 is 0. The van der Waals surface area contributed by atoms with E-state index in [4.69, 9.17) is 5.11 Å². The minimum Gasteiger partial charge on any atom is -0.395 e. The van der Waals surface area contributed by atoms with E-state index in [1.165, 1.54) is 12.8 Å². The molecule has 3 heteroatoms. The molecule has 0 spiro atoms. The molecular weight excluding hydrogens is 178 g/mol. The average molecular weight is 201 g/mol. The lowest BCUT2D eigenvalue weighted by Crippen LogP contribution is -2.38. The van der Waals surface area contributed by atoms with Gasteiger partial charge in [0.15, 0.2) is 0 Å². The average Bonchev–Trinajstić information content (AvgIpc) is 2.20. The SMILES string of the molecule is CCN(CCO)CC1CCCCC1O. The fraction of sp³-hybridized carbons (Fsp3) is 1.00. The summed E-state index contributed by atoms with van der Waals surface area (Å²) in [5.74, 6) is 0.426. The lowest BCUT2D eigenvalue weighted by atomic mass is 9.86. The van der Waals surface area contributed by atoms with Crippen LogP contribution in [0.2, 0.25) is 0 Å². The first-order valence-electron chi connectivity index (χ1n) is 5.79. The summed E-state index contributed by atoms with van der Waals surface area (Å²) in [6.45, 7) is 4.96. The maximum absolute atomic E-state index is 9.79. The van der Waals surface area contributed by atoms with E-state index < -0.39 is 0 Å². The number of likely N-dealkylation sites (N-methyl/N-ethyl adjacent to an activating group) is 1. The highest BCUT2D eigenvalue weighted by molar-refractivity contribution is 4.77. The maximum Gasteiger partial charge on any atom is 0.0580 e. The van der Waals surface area contributed by atoms with Crippen LogP contribution in [-0.2, 0) is 0 Å². The second kappa shape index (κ2) is 6.38. The Morgan fingerprint density at radius 1 is 1.29 bits per heavy atom. The van der Waals surface area contributed by atoms with Crippen LogP contribution in [0.4, 0.5) is 0 Å². The van der Waals surface area contributed by atoms with Gasteiger partial charge in [-0.2, -0.15) is 0 Å². The molecule has 0 amide bonds. The van der Waals surface area contributed by atoms with Gasteiger partial charge in [0.1, 0.15) is 0 Å². The maximum atomic E-state index is 9.79. The number of hydrogen-bond acceptors (Lipinski definition) is 3. The summed E-state index contributed by atoms with van der Waals surface area (Å²) in [5, 5.41) is 18.7. The van der Waals surface area contributed by atoms with Gasteiger partial charge in [-0.15, -0.1) is 0 Å². The Hall–Kier alpha value is -0.120. The lowest BCUT2D eigenvalue weighted by Gasteiger charge is -2.32. The zero-order valence-electron chi connectivity index (χ0n) is 9.15. The van der Waals surface area contributed by atoms with Crippen LogP contribution >= 0.6 is 0 Å². The van der Waals surface area contributed by atoms with Gasteiger partial charge in [0.2, 0.25) is 0 Å². The van der Waals surface area contributed by atoms with Crippen molar-refractivity contribution in [3.05, 3.63) is 0 Å². The smallest absolute Gasteiger partial charge is 0.0580 e. The third-order valence-electron chi connectivity index (χ3n) is 3.23. The van der Waals surface area contributed by atoms with Crippen molar-refractivity contribution in [2.45, 2.75) is 38.7 Å². The van der Waals surface area contributed by atoms with Gasteiger partial charge in [0, 0.05) is 13.1 Å². The molecule has 0 heterocycles. The quantitative estimate of drug-likeness (QED) is 0.693. The number of hydrogen-bond donors (Lipinski definition) is 2. The largest absolute Gasteiger partial charge is 0.395 e. The van der Waals surface area contributed by atoms with Crippen molar-refractivity contribution in [2.24, 2.45) is 5.92 Å². The molecule has 3 nitrogen and oxygen atoms in total. The molecule has 2 unspecified atom stereocenters. The fourth-order valence-electron chi connectivity index (χ4n) is 2.25. The van der Waals surface area contributed by atoms with Crippen LogP contribution < -0.4 is 0 Å². The molecule has 0 aliphatic heterocycles. The fourth-order valence-corrected chi connectivity index (χ4v) is 2.25. The molecule has 0 aromatic carbocycles. The van der Waals surface area contributed by atoms with Gasteiger partial charge >= 0.3 is 0 Å². The zero-order valence-corrected chi connectivity index (χ0v) is 9.15. The summed E-state index contributed by atoms with van der Waals surface area (Å²) in [6, 6.07) is 0. The molecule has 1 rings (SSSR count). The molecule has 1 aliphatic carbocycles. The van der Waals surface area contributed by atoms with Gasteiger partial charge in [-0.05, 0) is 25.3 Å². The van der Waals surface area contributed by atoms with Crippen molar-refractivity contribution in [3.8, 4) is 0 Å². The molecule has 0 aromatic rings. The molecule has 14 heavy (non-hydrogen) atoms. The highest BCUT2D eigenvalue weighted by Crippen LogP contribution is 2.24. The Balaban J connectivity index is 2.31. The molecule has 84 valence electrons. The van der Waals surface area contributed by atoms with Crippen molar-refractivity contribution >= 4 is 0 Å². The number of nitrogens with zero attached hydrogens (tertiary/aromatic N) is 1. The Morgan fingerprint density at radius 2 is 2.00 bits per heavy atom. The van der Waals surface area contributed by atoms with E-state index >= 15 is 0 Å². The van der Waals surface area contributed by atoms with Crippen LogP contribution in [-0.4, -0.2) is 47.5 Å². The highest BCUT2D eigenvalue weighted by atomic mass is 16.3. The molecule has 1 saturated carbocycles. The van der Waals surface area contributed by atoms with Gasteiger partial charge in [0.05, 0.1) is 12.7 Å². The molecule has 0 bridgehead atoms. The van der Waals surface area contributed by atoms with Crippen molar-refractivity contribution in [3.63, 3.8) is 0 Å². The summed E-state index contributed by atoms with van der Waals surface area (Å²) in [7, 11) is 0. The Bertz CT molecular complexity index is 152. The van der Waals surface area contributed by atoms with E-state index in [1.807, 2.05) is 0 Å². The molecule has 0 aromatic heterocycles. The molecule has 0 saturated heterocycles. The molecule has 1 aliphatic rings. The van der Waals surface area contributed by atoms with Crippen molar-refractivity contribution in [2.75, 3.05) is 26.2 Å². The number of aliphatic hydroxyl groups excluding tert-OH is 2. The van der Waals surface area contributed by atoms with Gasteiger partial charge in [-0.25, -0.2) is 0 Å². The first kappa shape index (κ1) is 12.0. The Kier molecular flexibility index (Phi) is 5.45. The number of rotatable bonds is 5. The van der Waals surface area contributed by atoms with Crippen molar-refractivity contribution in [1.29, 1.82) is 0 Å². The first-order valence-corrected chi connectivity index (χ1v) is 5.79. The van der Waals surface area contributed by atoms with Crippen LogP contribution in [0, 0.1) is 5.92 Å². The van der Waals surface area contributed by atoms with Gasteiger partial charge in [-0.1, -0.05) is 19.8 Å². The van der Waals surface area contributed by atoms with Crippen LogP contribution in [0.3, 0.4) is 0 Å². The van der Waals surface area contributed by atoms with E-state index in [9.17, 15) is 5.11 Å². The van der Waals surface area contributed by atoms with E-state index in [0.717, 1.165) is 32.5 Å². The van der Waals surface area contributed by atoms with Crippen LogP contribution in [0.15, 0.2) is 0 Å². The standard InChI is InChI=1S/C11H23NO2/c1-2-12(7-8-13)9-10-5-3-4-6-11(10)14/h10-11,13-14H,2-9H2,1H3. The van der Waals surface area contributed by atoms with Crippen LogP contribution in [0.5, 0.6) is 0 Å². The highest BCUT2D eigenvalue weighted by Gasteiger charge is 2.24. The normalized spacial score (nSPS) is 28.3. The second-order valence-corrected chi connectivity index (χ2v) is 4.23. The summed E-state index contributed by atoms with van der Waals surface area (Å²) < 4.78 is 0. The van der Waals surface area contributed by atoms with Crippen LogP contribution in [0.1, 0.15) is 32.6 Å². The molecule has 2 N–H and O–H groups in total. The van der Waals surface area contributed by atoms with E-state index in [2.05, 4.69) is 11.8 Å². The third-order valence-corrected chi connectivity index (χ3v) is 3.23. The van der Waals surface area contributed by atoms with E-state index in [1.54, 1.807) is 0 Å². The van der Waals surface area contributed by atoms with E-state index in [-0.39, 0.29) is 12.7 Å². The first-order chi connectivity index (χ1) is 6.77. The Morgan fingerprint density at radius 3 is 2.57 bits per heavy atom. The predicted octanol–water partition coefficient (Wildman–Crippen LogP) is 0.852. The summed E-state index contributed by atoms with van der Waals surface area (Å²) in [6.07, 6.45) is 4.41. The van der Waals surface area contributed by atoms with Gasteiger partial charge in [0.25, 0.3) is 0 Å². The Labute approximate surface area is 86.7 Å². The third kappa shape index (κ3) is 3.56. The second-order valence-electron chi connectivity index (χ2n) is 4.23. The molecule has 1 fully saturated rings. The molecular formula is C11H23NO2. The molecule has 0 radical (unpaired) electrons. The predicted molar refractivity (Wildman–Crippen MR) is 57.2 cm³/mol. The number of aliphatic hydroxyl groups is 2. The molecule has 2 atom stereocenters. The summed E-state index contributed by atoms with van der Waals surface area (Å²) in [4.78, 5) is 2.22. The zero-order chi connectivity index (χ0) is 10.4. The van der Waals surface area contributed by atoms with Crippen LogP contribution in [0.25, 0.3) is 0 Å². The van der Waals surface area contributed by atoms with Gasteiger partial charge < -0.3 is 15.1 Å². The minimum atomic E-state index is -0.114. The summed E-state index contributed by atoms with van der Waals surface area (Å²) in [5.41, 5.74) is 0. The lowest BCUT2D eigenvalue weighted by molar-refractivity contribution is 0.0439. The minimum absolute atomic E-state index is 0.114. The van der Waals surface area contributed by atoms with Crippen molar-refractivity contribution < 1.29 is 10.2 Å². The monoisotopic (exact) mass is 201 g/mol. The van der Waals surface area contributed by atoms with Crippen molar-refractivity contribution in [1.82, 2.24) is 4.90 Å². The van der Waals surface area contributed by atoms with Gasteiger partial charge in [-0.3, -0.25) is 0 Å². The topological polar surface area (TPSA) is 43.7 Å². The van der Waals surface area contributed by atoms with E-state index in [0.29, 0.717) is 5.92 Å².